The second-order valence-corrected chi connectivity index (χ2v) is 8.79. The van der Waals surface area contributed by atoms with E-state index in [0.717, 1.165) is 11.3 Å². The first-order chi connectivity index (χ1) is 13.1. The van der Waals surface area contributed by atoms with Crippen molar-refractivity contribution in [2.45, 2.75) is 17.4 Å². The van der Waals surface area contributed by atoms with Gasteiger partial charge in [-0.2, -0.15) is 5.10 Å². The summed E-state index contributed by atoms with van der Waals surface area (Å²) in [5.74, 6) is 0.105. The fraction of sp³-hybridized carbons (Fsp3) is 0.167. The molecule has 0 amide bonds. The van der Waals surface area contributed by atoms with Crippen LogP contribution in [0.3, 0.4) is 0 Å². The molecule has 1 unspecified atom stereocenters. The molecule has 27 heavy (non-hydrogen) atoms. The normalized spacial score (nSPS) is 16.7. The van der Waals surface area contributed by atoms with Crippen molar-refractivity contribution in [2.75, 3.05) is 6.54 Å². The van der Waals surface area contributed by atoms with Crippen molar-refractivity contribution in [3.05, 3.63) is 76.2 Å². The van der Waals surface area contributed by atoms with Gasteiger partial charge >= 0.3 is 0 Å². The van der Waals surface area contributed by atoms with E-state index in [4.69, 9.17) is 0 Å². The largest absolute Gasteiger partial charge is 0.309 e. The Morgan fingerprint density at radius 2 is 1.74 bits per heavy atom. The first-order valence-electron chi connectivity index (χ1n) is 8.36. The number of hydrogen-bond acceptors (Lipinski definition) is 7. The van der Waals surface area contributed by atoms with Crippen LogP contribution in [0.2, 0.25) is 0 Å². The Morgan fingerprint density at radius 1 is 1.04 bits per heavy atom. The Kier molecular flexibility index (Phi) is 4.97. The predicted octanol–water partition coefficient (Wildman–Crippen LogP) is 2.11. The molecule has 4 rings (SSSR count). The molecule has 7 nitrogen and oxygen atoms in total. The first kappa shape index (κ1) is 17.8. The zero-order valence-electron chi connectivity index (χ0n) is 14.2. The van der Waals surface area contributed by atoms with E-state index in [1.54, 1.807) is 30.3 Å². The lowest BCUT2D eigenvalue weighted by Crippen LogP contribution is -2.23. The quantitative estimate of drug-likeness (QED) is 0.662. The summed E-state index contributed by atoms with van der Waals surface area (Å²) in [5.41, 5.74) is 5.01. The summed E-state index contributed by atoms with van der Waals surface area (Å²) in [6, 6.07) is 18.3. The van der Waals surface area contributed by atoms with Crippen LogP contribution in [0.4, 0.5) is 0 Å². The van der Waals surface area contributed by atoms with Crippen LogP contribution < -0.4 is 10.1 Å². The van der Waals surface area contributed by atoms with Crippen molar-refractivity contribution in [1.82, 2.24) is 20.3 Å². The second kappa shape index (κ2) is 7.55. The fourth-order valence-corrected chi connectivity index (χ4v) is 4.75. The molecular weight excluding hydrogens is 382 g/mol. The van der Waals surface area contributed by atoms with Crippen LogP contribution in [0.5, 0.6) is 0 Å². The minimum Gasteiger partial charge on any atom is -0.309 e. The van der Waals surface area contributed by atoms with Gasteiger partial charge in [-0.3, -0.25) is 0 Å². The molecule has 0 spiro atoms. The number of benzene rings is 2. The lowest BCUT2D eigenvalue weighted by Gasteiger charge is -2.09. The molecule has 0 saturated carbocycles. The van der Waals surface area contributed by atoms with Crippen LogP contribution in [-0.4, -0.2) is 30.9 Å². The molecule has 0 saturated heterocycles. The van der Waals surface area contributed by atoms with Gasteiger partial charge in [-0.1, -0.05) is 59.9 Å². The highest BCUT2D eigenvalue weighted by Gasteiger charge is 2.27. The standard InChI is InChI=1S/C18H17N5O2S2/c24-27(25,14-9-5-2-6-10-14)20-12-16-21-23-18(26-16)17-15(11-19-22-17)13-7-3-1-4-8-13/h1-10,15,19-20H,11-12H2. The molecule has 3 aromatic rings. The lowest BCUT2D eigenvalue weighted by molar-refractivity contribution is 0.581. The van der Waals surface area contributed by atoms with Gasteiger partial charge in [0.1, 0.15) is 10.7 Å². The topological polar surface area (TPSA) is 96.3 Å². The average Bonchev–Trinajstić information content (AvgIpc) is 3.37. The molecule has 2 heterocycles. The summed E-state index contributed by atoms with van der Waals surface area (Å²) in [7, 11) is -3.58. The van der Waals surface area contributed by atoms with Gasteiger partial charge in [-0.25, -0.2) is 13.1 Å². The van der Waals surface area contributed by atoms with Crippen molar-refractivity contribution < 1.29 is 8.42 Å². The molecule has 2 aromatic carbocycles. The van der Waals surface area contributed by atoms with E-state index in [1.807, 2.05) is 18.2 Å². The zero-order chi connectivity index (χ0) is 18.7. The Balaban J connectivity index is 1.48. The van der Waals surface area contributed by atoms with Crippen molar-refractivity contribution >= 4 is 27.1 Å². The number of hydrogen-bond donors (Lipinski definition) is 2. The molecule has 1 aliphatic rings. The van der Waals surface area contributed by atoms with Crippen LogP contribution in [0.1, 0.15) is 21.5 Å². The number of aromatic nitrogens is 2. The molecular formula is C18H17N5O2S2. The molecule has 0 radical (unpaired) electrons. The Labute approximate surface area is 161 Å². The Morgan fingerprint density at radius 3 is 2.48 bits per heavy atom. The van der Waals surface area contributed by atoms with Gasteiger partial charge in [0.15, 0.2) is 5.01 Å². The first-order valence-corrected chi connectivity index (χ1v) is 10.7. The molecule has 2 N–H and O–H groups in total. The van der Waals surface area contributed by atoms with Gasteiger partial charge < -0.3 is 5.43 Å². The lowest BCUT2D eigenvalue weighted by atomic mass is 9.95. The Hall–Kier alpha value is -2.62. The molecule has 1 aliphatic heterocycles. The molecule has 1 aromatic heterocycles. The second-order valence-electron chi connectivity index (χ2n) is 5.96. The molecule has 0 bridgehead atoms. The number of nitrogens with zero attached hydrogens (tertiary/aromatic N) is 3. The third-order valence-corrected chi connectivity index (χ3v) is 6.54. The van der Waals surface area contributed by atoms with Gasteiger partial charge in [0.2, 0.25) is 10.0 Å². The molecule has 0 fully saturated rings. The number of sulfonamides is 1. The summed E-state index contributed by atoms with van der Waals surface area (Å²) < 4.78 is 27.2. The van der Waals surface area contributed by atoms with E-state index in [-0.39, 0.29) is 17.4 Å². The monoisotopic (exact) mass is 399 g/mol. The zero-order valence-corrected chi connectivity index (χ0v) is 15.9. The SMILES string of the molecule is O=S(=O)(NCc1nnc(C2=NNCC2c2ccccc2)s1)c1ccccc1. The van der Waals surface area contributed by atoms with Crippen LogP contribution in [0.15, 0.2) is 70.7 Å². The van der Waals surface area contributed by atoms with E-state index in [0.29, 0.717) is 16.6 Å². The number of nitrogens with one attached hydrogen (secondary N) is 2. The highest BCUT2D eigenvalue weighted by Crippen LogP contribution is 2.26. The van der Waals surface area contributed by atoms with E-state index in [1.165, 1.54) is 11.3 Å². The van der Waals surface area contributed by atoms with Crippen LogP contribution in [0.25, 0.3) is 0 Å². The minimum atomic E-state index is -3.58. The van der Waals surface area contributed by atoms with Crippen molar-refractivity contribution in [1.29, 1.82) is 0 Å². The highest BCUT2D eigenvalue weighted by molar-refractivity contribution is 7.89. The summed E-state index contributed by atoms with van der Waals surface area (Å²) in [4.78, 5) is 0.225. The highest BCUT2D eigenvalue weighted by atomic mass is 32.2. The van der Waals surface area contributed by atoms with Crippen molar-refractivity contribution in [3.63, 3.8) is 0 Å². The third-order valence-electron chi connectivity index (χ3n) is 4.18. The van der Waals surface area contributed by atoms with Crippen molar-refractivity contribution in [2.24, 2.45) is 5.10 Å². The maximum atomic E-state index is 12.3. The minimum absolute atomic E-state index is 0.0889. The molecule has 9 heteroatoms. The predicted molar refractivity (Wildman–Crippen MR) is 104 cm³/mol. The summed E-state index contributed by atoms with van der Waals surface area (Å²) in [5, 5.41) is 14.0. The molecule has 1 atom stereocenters. The number of hydrazone groups is 1. The number of rotatable bonds is 6. The summed E-state index contributed by atoms with van der Waals surface area (Å²) >= 11 is 1.34. The van der Waals surface area contributed by atoms with Crippen LogP contribution >= 0.6 is 11.3 Å². The maximum Gasteiger partial charge on any atom is 0.240 e. The van der Waals surface area contributed by atoms with Gasteiger partial charge in [0, 0.05) is 6.54 Å². The smallest absolute Gasteiger partial charge is 0.240 e. The molecule has 0 aliphatic carbocycles. The van der Waals surface area contributed by atoms with E-state index < -0.39 is 10.0 Å². The Bertz CT molecular complexity index is 1050. The summed E-state index contributed by atoms with van der Waals surface area (Å²) in [6.45, 7) is 0.792. The van der Waals surface area contributed by atoms with Crippen molar-refractivity contribution in [3.8, 4) is 0 Å². The van der Waals surface area contributed by atoms with Gasteiger partial charge in [0.25, 0.3) is 0 Å². The van der Waals surface area contributed by atoms with Gasteiger partial charge in [-0.05, 0) is 17.7 Å². The van der Waals surface area contributed by atoms with Gasteiger partial charge in [0.05, 0.1) is 17.4 Å². The van der Waals surface area contributed by atoms with E-state index >= 15 is 0 Å². The van der Waals surface area contributed by atoms with Crippen LogP contribution in [-0.2, 0) is 16.6 Å². The molecule has 138 valence electrons. The summed E-state index contributed by atoms with van der Waals surface area (Å²) in [6.07, 6.45) is 0. The van der Waals surface area contributed by atoms with Crippen LogP contribution in [0, 0.1) is 0 Å². The maximum absolute atomic E-state index is 12.3. The van der Waals surface area contributed by atoms with Gasteiger partial charge in [-0.15, -0.1) is 10.2 Å². The van der Waals surface area contributed by atoms with E-state index in [2.05, 4.69) is 37.6 Å². The third kappa shape index (κ3) is 3.90. The fourth-order valence-electron chi connectivity index (χ4n) is 2.82. The van der Waals surface area contributed by atoms with E-state index in [9.17, 15) is 8.42 Å². The average molecular weight is 400 g/mol.